The lowest BCUT2D eigenvalue weighted by Crippen LogP contribution is -2.54. The zero-order chi connectivity index (χ0) is 50.5. The number of aromatic amines is 1. The Hall–Kier alpha value is -6.29. The van der Waals surface area contributed by atoms with Crippen molar-refractivity contribution in [3.05, 3.63) is 105 Å². The van der Waals surface area contributed by atoms with E-state index in [-0.39, 0.29) is 30.1 Å². The number of nitrogens with one attached hydrogen (secondary N) is 2. The second-order valence-electron chi connectivity index (χ2n) is 19.8. The number of imide groups is 2. The quantitative estimate of drug-likeness (QED) is 0.0622. The van der Waals surface area contributed by atoms with E-state index in [9.17, 15) is 28.8 Å². The lowest BCUT2D eigenvalue weighted by molar-refractivity contribution is -0.136. The summed E-state index contributed by atoms with van der Waals surface area (Å²) in [6.45, 7) is 22.2. The SMILES string of the molecule is [C-]#[N+]c1ccc2c3c([nH]c2c1)C(C)(C)c1cc(N2CCC(N4CCN(C(=O)CCOCCOCCOCCOCCCc5cccc6c5C(=O)N(C5CCC(=O)NC5=O)C6=O)CC4)CC2)c(CC)cc1C3=O. The molecule has 0 bridgehead atoms. The summed E-state index contributed by atoms with van der Waals surface area (Å²) in [5.41, 5.74) is 8.11. The van der Waals surface area contributed by atoms with Crippen LogP contribution in [0, 0.1) is 6.57 Å². The van der Waals surface area contributed by atoms with E-state index in [0.29, 0.717) is 102 Å². The predicted octanol–water partition coefficient (Wildman–Crippen LogP) is 5.75. The average Bonchev–Trinajstić information content (AvgIpc) is 3.91. The number of ether oxygens (including phenoxy) is 4. The van der Waals surface area contributed by atoms with Gasteiger partial charge in [-0.2, -0.15) is 0 Å². The third-order valence-corrected chi connectivity index (χ3v) is 15.1. The van der Waals surface area contributed by atoms with Gasteiger partial charge in [0.15, 0.2) is 11.5 Å². The van der Waals surface area contributed by atoms with Gasteiger partial charge in [-0.1, -0.05) is 45.0 Å². The topological polar surface area (TPSA) is 184 Å². The van der Waals surface area contributed by atoms with Gasteiger partial charge < -0.3 is 33.7 Å². The smallest absolute Gasteiger partial charge is 0.262 e. The number of benzene rings is 3. The Bertz CT molecular complexity index is 2780. The number of aryl methyl sites for hydroxylation is 2. The maximum Gasteiger partial charge on any atom is 0.262 e. The third-order valence-electron chi connectivity index (χ3n) is 15.1. The van der Waals surface area contributed by atoms with E-state index >= 15 is 0 Å². The van der Waals surface area contributed by atoms with Crippen molar-refractivity contribution >= 4 is 57.6 Å². The molecule has 17 heteroatoms. The molecule has 9 rings (SSSR count). The molecule has 2 N–H and O–H groups in total. The number of hydrogen-bond acceptors (Lipinski definition) is 12. The molecule has 1 unspecified atom stereocenters. The van der Waals surface area contributed by atoms with Crippen molar-refractivity contribution < 1.29 is 47.7 Å². The fourth-order valence-corrected chi connectivity index (χ4v) is 11.2. The number of carbonyl (C=O) groups is 6. The Morgan fingerprint density at radius 1 is 0.764 bits per heavy atom. The summed E-state index contributed by atoms with van der Waals surface area (Å²) in [5.74, 6) is -1.90. The summed E-state index contributed by atoms with van der Waals surface area (Å²) in [7, 11) is 0. The van der Waals surface area contributed by atoms with Crippen LogP contribution in [0.3, 0.4) is 0 Å². The van der Waals surface area contributed by atoms with E-state index in [1.165, 1.54) is 11.3 Å². The van der Waals surface area contributed by atoms with Crippen molar-refractivity contribution in [1.82, 2.24) is 25.0 Å². The van der Waals surface area contributed by atoms with Crippen LogP contribution in [0.4, 0.5) is 11.4 Å². The van der Waals surface area contributed by atoms with Gasteiger partial charge >= 0.3 is 0 Å². The molecule has 3 saturated heterocycles. The molecule has 3 aromatic carbocycles. The van der Waals surface area contributed by atoms with Crippen molar-refractivity contribution in [3.8, 4) is 0 Å². The van der Waals surface area contributed by atoms with Gasteiger partial charge in [0.25, 0.3) is 11.8 Å². The maximum atomic E-state index is 14.1. The van der Waals surface area contributed by atoms with Crippen molar-refractivity contribution in [1.29, 1.82) is 0 Å². The van der Waals surface area contributed by atoms with Gasteiger partial charge in [-0.25, -0.2) is 4.85 Å². The molecule has 380 valence electrons. The summed E-state index contributed by atoms with van der Waals surface area (Å²) < 4.78 is 22.7. The minimum absolute atomic E-state index is 0.0448. The molecular weight excluding hydrogens is 919 g/mol. The van der Waals surface area contributed by atoms with E-state index in [1.54, 1.807) is 18.2 Å². The Balaban J connectivity index is 0.611. The number of nitrogens with zero attached hydrogens (tertiary/aromatic N) is 5. The fourth-order valence-electron chi connectivity index (χ4n) is 11.2. The normalized spacial score (nSPS) is 19.2. The van der Waals surface area contributed by atoms with E-state index < -0.39 is 35.1 Å². The Morgan fingerprint density at radius 2 is 1.46 bits per heavy atom. The van der Waals surface area contributed by atoms with Crippen LogP contribution in [0.25, 0.3) is 15.7 Å². The first-order valence-electron chi connectivity index (χ1n) is 25.6. The summed E-state index contributed by atoms with van der Waals surface area (Å²) in [4.78, 5) is 92.7. The largest absolute Gasteiger partial charge is 0.379 e. The first-order valence-corrected chi connectivity index (χ1v) is 25.6. The van der Waals surface area contributed by atoms with Crippen LogP contribution in [0.15, 0.2) is 48.5 Å². The van der Waals surface area contributed by atoms with Crippen LogP contribution < -0.4 is 10.2 Å². The standard InChI is InChI=1S/C55H65N7O10/c1-5-35-32-41-42(55(2,3)51-49(50(41)65)39-12-11-37(56-4)33-43(39)57-51)34-45(35)60-18-15-38(16-19-60)59-20-22-61(23-21-59)47(64)17-25-70-27-29-72-31-30-71-28-26-69-24-7-9-36-8-6-10-40-48(36)54(68)62(53(40)67)44-13-14-46(63)58-52(44)66/h6,8,10-12,32-34,38,44,57H,5,7,9,13-31H2,1-3H3,(H,58,63,66). The summed E-state index contributed by atoms with van der Waals surface area (Å²) in [5, 5.41) is 3.09. The van der Waals surface area contributed by atoms with Crippen LogP contribution in [-0.4, -0.2) is 159 Å². The highest BCUT2D eigenvalue weighted by atomic mass is 16.6. The Labute approximate surface area is 420 Å². The van der Waals surface area contributed by atoms with Crippen LogP contribution in [0.2, 0.25) is 0 Å². The Kier molecular flexibility index (Phi) is 15.6. The average molecular weight is 984 g/mol. The number of piperidine rings is 2. The minimum atomic E-state index is -0.995. The van der Waals surface area contributed by atoms with Gasteiger partial charge in [0.2, 0.25) is 17.7 Å². The lowest BCUT2D eigenvalue weighted by atomic mass is 9.70. The molecule has 4 aromatic rings. The molecule has 4 aliphatic heterocycles. The number of fused-ring (bicyclic) bond motifs is 5. The van der Waals surface area contributed by atoms with E-state index in [1.807, 2.05) is 23.1 Å². The molecule has 5 amide bonds. The zero-order valence-corrected chi connectivity index (χ0v) is 41.6. The monoisotopic (exact) mass is 983 g/mol. The van der Waals surface area contributed by atoms with E-state index in [0.717, 1.165) is 89.2 Å². The molecule has 1 aliphatic carbocycles. The van der Waals surface area contributed by atoms with Crippen molar-refractivity contribution in [2.75, 3.05) is 97.0 Å². The highest BCUT2D eigenvalue weighted by Crippen LogP contribution is 2.46. The van der Waals surface area contributed by atoms with Gasteiger partial charge in [-0.05, 0) is 79.5 Å². The number of aromatic nitrogens is 1. The van der Waals surface area contributed by atoms with Gasteiger partial charge in [0.05, 0.1) is 75.9 Å². The van der Waals surface area contributed by atoms with E-state index in [2.05, 4.69) is 57.8 Å². The molecule has 1 atom stereocenters. The number of ketones is 1. The highest BCUT2D eigenvalue weighted by molar-refractivity contribution is 6.24. The molecular formula is C55H65N7O10. The number of anilines is 1. The molecule has 1 aromatic heterocycles. The maximum absolute atomic E-state index is 14.1. The zero-order valence-electron chi connectivity index (χ0n) is 41.6. The summed E-state index contributed by atoms with van der Waals surface area (Å²) >= 11 is 0. The van der Waals surface area contributed by atoms with Gasteiger partial charge in [-0.15, -0.1) is 0 Å². The Morgan fingerprint density at radius 3 is 2.14 bits per heavy atom. The van der Waals surface area contributed by atoms with Crippen molar-refractivity contribution in [3.63, 3.8) is 0 Å². The molecule has 17 nitrogen and oxygen atoms in total. The van der Waals surface area contributed by atoms with Crippen LogP contribution in [0.1, 0.15) is 118 Å². The molecule has 0 saturated carbocycles. The molecule has 5 aliphatic rings. The number of H-pyrrole nitrogens is 1. The second kappa shape index (κ2) is 22.2. The van der Waals surface area contributed by atoms with Crippen LogP contribution in [0.5, 0.6) is 0 Å². The van der Waals surface area contributed by atoms with E-state index in [4.69, 9.17) is 25.5 Å². The number of amides is 5. The summed E-state index contributed by atoms with van der Waals surface area (Å²) in [6.07, 6.45) is 4.57. The molecule has 3 fully saturated rings. The molecule has 0 spiro atoms. The predicted molar refractivity (Wildman–Crippen MR) is 269 cm³/mol. The molecule has 72 heavy (non-hydrogen) atoms. The van der Waals surface area contributed by atoms with Crippen LogP contribution >= 0.6 is 0 Å². The highest BCUT2D eigenvalue weighted by Gasteiger charge is 2.46. The summed E-state index contributed by atoms with van der Waals surface area (Å²) in [6, 6.07) is 14.5. The van der Waals surface area contributed by atoms with Gasteiger partial charge in [0, 0.05) is 91.6 Å². The van der Waals surface area contributed by atoms with Gasteiger partial charge in [0.1, 0.15) is 6.04 Å². The van der Waals surface area contributed by atoms with Gasteiger partial charge in [-0.3, -0.25) is 43.9 Å². The number of piperazine rings is 1. The van der Waals surface area contributed by atoms with Crippen LogP contribution in [-0.2, 0) is 51.6 Å². The third kappa shape index (κ3) is 10.3. The number of hydrogen-bond donors (Lipinski definition) is 2. The molecule has 5 heterocycles. The van der Waals surface area contributed by atoms with Crippen molar-refractivity contribution in [2.45, 2.75) is 89.6 Å². The first-order chi connectivity index (χ1) is 34.9. The number of rotatable bonds is 20. The first kappa shape index (κ1) is 50.6. The van der Waals surface area contributed by atoms with Crippen molar-refractivity contribution in [2.24, 2.45) is 0 Å². The second-order valence-corrected chi connectivity index (χ2v) is 19.8. The minimum Gasteiger partial charge on any atom is -0.379 e. The lowest BCUT2D eigenvalue weighted by Gasteiger charge is -2.44. The number of carbonyl (C=O) groups excluding carboxylic acids is 6. The fraction of sp³-hybridized carbons (Fsp3) is 0.509. The molecule has 0 radical (unpaired) electrons.